The third kappa shape index (κ3) is 5.36. The summed E-state index contributed by atoms with van der Waals surface area (Å²) < 4.78 is 21.2. The molecule has 1 heterocycles. The van der Waals surface area contributed by atoms with E-state index in [0.717, 1.165) is 11.1 Å². The van der Waals surface area contributed by atoms with E-state index in [-0.39, 0.29) is 17.4 Å². The lowest BCUT2D eigenvalue weighted by molar-refractivity contribution is 0.443. The minimum atomic E-state index is -0.321. The molecule has 1 aliphatic carbocycles. The number of benzene rings is 3. The maximum atomic E-state index is 13.9. The highest BCUT2D eigenvalue weighted by Gasteiger charge is 2.21. The summed E-state index contributed by atoms with van der Waals surface area (Å²) in [5.74, 6) is 1.34. The molecular formula is C31H29FN2O2. The third-order valence-corrected chi connectivity index (χ3v) is 5.81. The molecule has 36 heavy (non-hydrogen) atoms. The normalized spacial score (nSPS) is 12.9. The lowest BCUT2D eigenvalue weighted by Crippen LogP contribution is -2.29. The molecule has 5 rings (SSSR count). The maximum absolute atomic E-state index is 13.9. The number of fused-ring (bicyclic) bond motifs is 1. The Bertz CT molecular complexity index is 1450. The van der Waals surface area contributed by atoms with Crippen LogP contribution in [-0.4, -0.2) is 9.55 Å². The average molecular weight is 481 g/mol. The Balaban J connectivity index is 0.00000148. The molecule has 0 atom stereocenters. The Morgan fingerprint density at radius 3 is 2.17 bits per heavy atom. The van der Waals surface area contributed by atoms with E-state index in [1.54, 1.807) is 34.9 Å². The first-order valence-electron chi connectivity index (χ1n) is 12.1. The molecule has 0 N–H and O–H groups in total. The number of hydrogen-bond donors (Lipinski definition) is 0. The summed E-state index contributed by atoms with van der Waals surface area (Å²) in [6.45, 7) is 5.85. The van der Waals surface area contributed by atoms with Crippen LogP contribution < -0.4 is 10.3 Å². The number of ether oxygens (including phenoxy) is 1. The van der Waals surface area contributed by atoms with Crippen molar-refractivity contribution in [2.45, 2.75) is 33.2 Å². The minimum absolute atomic E-state index is 0.149. The van der Waals surface area contributed by atoms with Crippen LogP contribution in [0.2, 0.25) is 0 Å². The second-order valence-corrected chi connectivity index (χ2v) is 8.10. The second-order valence-electron chi connectivity index (χ2n) is 8.10. The fraction of sp³-hybridized carbons (Fsp3) is 0.161. The molecule has 0 spiro atoms. The van der Waals surface area contributed by atoms with Gasteiger partial charge < -0.3 is 4.74 Å². The number of aromatic nitrogens is 2. The van der Waals surface area contributed by atoms with Gasteiger partial charge in [-0.1, -0.05) is 74.5 Å². The Labute approximate surface area is 210 Å². The smallest absolute Gasteiger partial charge is 0.262 e. The van der Waals surface area contributed by atoms with Crippen molar-refractivity contribution in [2.24, 2.45) is 0 Å². The van der Waals surface area contributed by atoms with Crippen LogP contribution in [-0.2, 0) is 0 Å². The molecule has 0 fully saturated rings. The van der Waals surface area contributed by atoms with Crippen LogP contribution in [0.4, 0.5) is 4.39 Å². The summed E-state index contributed by atoms with van der Waals surface area (Å²) in [4.78, 5) is 18.6. The van der Waals surface area contributed by atoms with Crippen molar-refractivity contribution in [2.75, 3.05) is 0 Å². The van der Waals surface area contributed by atoms with Crippen molar-refractivity contribution in [3.63, 3.8) is 0 Å². The van der Waals surface area contributed by atoms with E-state index in [4.69, 9.17) is 9.72 Å². The number of nitrogens with zero attached hydrogens (tertiary/aromatic N) is 2. The SMILES string of the molecule is CC.Cc1nc2ccc(OC3=CCC=C(F)C=C3)cc2c(=O)n1C(c1ccccc1)c1ccccc1. The van der Waals surface area contributed by atoms with Gasteiger partial charge in [0.05, 0.1) is 16.9 Å². The predicted molar refractivity (Wildman–Crippen MR) is 144 cm³/mol. The number of halogens is 1. The van der Waals surface area contributed by atoms with Gasteiger partial charge in [0, 0.05) is 0 Å². The fourth-order valence-electron chi connectivity index (χ4n) is 4.21. The Kier molecular flexibility index (Phi) is 7.91. The van der Waals surface area contributed by atoms with E-state index in [0.29, 0.717) is 34.7 Å². The lowest BCUT2D eigenvalue weighted by Gasteiger charge is -2.23. The molecule has 4 nitrogen and oxygen atoms in total. The van der Waals surface area contributed by atoms with Crippen molar-refractivity contribution in [1.82, 2.24) is 9.55 Å². The molecule has 0 amide bonds. The van der Waals surface area contributed by atoms with E-state index in [1.807, 2.05) is 81.4 Å². The van der Waals surface area contributed by atoms with Crippen LogP contribution >= 0.6 is 0 Å². The maximum Gasteiger partial charge on any atom is 0.262 e. The van der Waals surface area contributed by atoms with Crippen LogP contribution in [0.5, 0.6) is 5.75 Å². The van der Waals surface area contributed by atoms with Gasteiger partial charge in [-0.2, -0.15) is 0 Å². The fourth-order valence-corrected chi connectivity index (χ4v) is 4.21. The van der Waals surface area contributed by atoms with Crippen LogP contribution in [0.15, 0.2) is 120 Å². The number of allylic oxidation sites excluding steroid dienone is 5. The van der Waals surface area contributed by atoms with Crippen molar-refractivity contribution in [3.8, 4) is 5.75 Å². The first-order valence-corrected chi connectivity index (χ1v) is 12.1. The molecule has 182 valence electrons. The molecule has 0 saturated heterocycles. The first-order chi connectivity index (χ1) is 17.6. The quantitative estimate of drug-likeness (QED) is 0.298. The van der Waals surface area contributed by atoms with E-state index in [9.17, 15) is 9.18 Å². The highest BCUT2D eigenvalue weighted by atomic mass is 19.1. The summed E-state index contributed by atoms with van der Waals surface area (Å²) in [7, 11) is 0. The van der Waals surface area contributed by atoms with Crippen molar-refractivity contribution in [1.29, 1.82) is 0 Å². The monoisotopic (exact) mass is 480 g/mol. The van der Waals surface area contributed by atoms with Crippen LogP contribution in [0.3, 0.4) is 0 Å². The van der Waals surface area contributed by atoms with Gasteiger partial charge in [0.2, 0.25) is 0 Å². The lowest BCUT2D eigenvalue weighted by atomic mass is 9.98. The predicted octanol–water partition coefficient (Wildman–Crippen LogP) is 7.44. The molecule has 4 aromatic rings. The molecule has 1 aromatic heterocycles. The van der Waals surface area contributed by atoms with Gasteiger partial charge in [-0.15, -0.1) is 0 Å². The van der Waals surface area contributed by atoms with Gasteiger partial charge in [0.1, 0.15) is 23.2 Å². The standard InChI is InChI=1S/C29H23FN2O2.C2H6/c1-20-31-27-18-17-25(34-24-14-8-13-23(30)15-16-24)19-26(27)29(33)32(20)28(21-9-4-2-5-10-21)22-11-6-3-7-12-22;1-2/h2-7,9-19,28H,8H2,1H3;1-2H3. The van der Waals surface area contributed by atoms with Crippen LogP contribution in [0.25, 0.3) is 10.9 Å². The van der Waals surface area contributed by atoms with E-state index in [1.165, 1.54) is 12.2 Å². The van der Waals surface area contributed by atoms with E-state index < -0.39 is 0 Å². The summed E-state index contributed by atoms with van der Waals surface area (Å²) in [5.41, 5.74) is 2.44. The van der Waals surface area contributed by atoms with Gasteiger partial charge in [-0.3, -0.25) is 9.36 Å². The molecular weight excluding hydrogens is 451 g/mol. The highest BCUT2D eigenvalue weighted by Crippen LogP contribution is 2.28. The Morgan fingerprint density at radius 1 is 0.889 bits per heavy atom. The highest BCUT2D eigenvalue weighted by molar-refractivity contribution is 5.79. The van der Waals surface area contributed by atoms with E-state index >= 15 is 0 Å². The van der Waals surface area contributed by atoms with Gasteiger partial charge in [-0.25, -0.2) is 9.37 Å². The third-order valence-electron chi connectivity index (χ3n) is 5.81. The van der Waals surface area contributed by atoms with E-state index in [2.05, 4.69) is 0 Å². The zero-order chi connectivity index (χ0) is 25.5. The molecule has 0 radical (unpaired) electrons. The van der Waals surface area contributed by atoms with Crippen molar-refractivity contribution >= 4 is 10.9 Å². The van der Waals surface area contributed by atoms with Crippen LogP contribution in [0, 0.1) is 6.92 Å². The summed E-state index contributed by atoms with van der Waals surface area (Å²) in [6, 6.07) is 24.8. The second kappa shape index (κ2) is 11.5. The molecule has 0 aliphatic heterocycles. The first kappa shape index (κ1) is 24.9. The molecule has 3 aromatic carbocycles. The summed E-state index contributed by atoms with van der Waals surface area (Å²) in [5, 5.41) is 0.461. The van der Waals surface area contributed by atoms with Crippen molar-refractivity contribution in [3.05, 3.63) is 142 Å². The number of aryl methyl sites for hydroxylation is 1. The molecule has 5 heteroatoms. The van der Waals surface area contributed by atoms with Gasteiger partial charge in [0.25, 0.3) is 5.56 Å². The zero-order valence-electron chi connectivity index (χ0n) is 20.7. The average Bonchev–Trinajstić information content (AvgIpc) is 3.12. The molecule has 0 unspecified atom stereocenters. The molecule has 0 bridgehead atoms. The largest absolute Gasteiger partial charge is 0.458 e. The summed E-state index contributed by atoms with van der Waals surface area (Å²) >= 11 is 0. The number of hydrogen-bond acceptors (Lipinski definition) is 3. The topological polar surface area (TPSA) is 44.1 Å². The van der Waals surface area contributed by atoms with Crippen molar-refractivity contribution < 1.29 is 9.13 Å². The Morgan fingerprint density at radius 2 is 1.53 bits per heavy atom. The zero-order valence-corrected chi connectivity index (χ0v) is 20.7. The van der Waals surface area contributed by atoms with Gasteiger partial charge in [-0.05, 0) is 67.0 Å². The summed E-state index contributed by atoms with van der Waals surface area (Å²) in [6.07, 6.45) is 6.65. The van der Waals surface area contributed by atoms with Gasteiger partial charge >= 0.3 is 0 Å². The molecule has 1 aliphatic rings. The van der Waals surface area contributed by atoms with Gasteiger partial charge in [0.15, 0.2) is 0 Å². The van der Waals surface area contributed by atoms with Crippen LogP contribution in [0.1, 0.15) is 43.3 Å². The molecule has 0 saturated carbocycles. The minimum Gasteiger partial charge on any atom is -0.458 e. The Hall–Kier alpha value is -4.25. The number of rotatable bonds is 5.